The van der Waals surface area contributed by atoms with E-state index in [0.29, 0.717) is 22.2 Å². The first-order valence-corrected chi connectivity index (χ1v) is 7.50. The highest BCUT2D eigenvalue weighted by Crippen LogP contribution is 2.31. The molecule has 0 amide bonds. The lowest BCUT2D eigenvalue weighted by Crippen LogP contribution is -2.08. The number of benzene rings is 2. The van der Waals surface area contributed by atoms with Gasteiger partial charge in [0.05, 0.1) is 23.6 Å². The van der Waals surface area contributed by atoms with Gasteiger partial charge in [0.15, 0.2) is 5.65 Å². The van der Waals surface area contributed by atoms with Crippen molar-refractivity contribution in [2.24, 2.45) is 0 Å². The zero-order valence-corrected chi connectivity index (χ0v) is 12.4. The lowest BCUT2D eigenvalue weighted by atomic mass is 10.1. The van der Waals surface area contributed by atoms with Gasteiger partial charge in [-0.25, -0.2) is 9.37 Å². The molecule has 4 nitrogen and oxygen atoms in total. The second-order valence-electron chi connectivity index (χ2n) is 5.68. The smallest absolute Gasteiger partial charge is 0.212 e. The van der Waals surface area contributed by atoms with E-state index in [2.05, 4.69) is 9.97 Å². The number of hydrogen-bond donors (Lipinski definition) is 0. The molecule has 24 heavy (non-hydrogen) atoms. The Balaban J connectivity index is 2.07. The van der Waals surface area contributed by atoms with Crippen molar-refractivity contribution >= 4 is 27.5 Å². The largest absolute Gasteiger partial charge is 0.287 e. The maximum Gasteiger partial charge on any atom is 0.212 e. The lowest BCUT2D eigenvalue weighted by molar-refractivity contribution is 0.628. The number of hydrogen-bond acceptors (Lipinski definition) is 3. The topological polar surface area (TPSA) is 47.3 Å². The van der Waals surface area contributed by atoms with Gasteiger partial charge in [-0.05, 0) is 24.3 Å². The van der Waals surface area contributed by atoms with Gasteiger partial charge in [-0.1, -0.05) is 24.3 Å². The Hall–Kier alpha value is -3.34. The summed E-state index contributed by atoms with van der Waals surface area (Å²) in [5.41, 5.74) is 3.37. The fourth-order valence-electron chi connectivity index (χ4n) is 3.24. The molecule has 3 heterocycles. The summed E-state index contributed by atoms with van der Waals surface area (Å²) in [6, 6.07) is 13.7. The molecule has 0 bridgehead atoms. The Bertz CT molecular complexity index is 1280. The minimum atomic E-state index is -0.297. The van der Waals surface area contributed by atoms with Crippen molar-refractivity contribution in [3.05, 3.63) is 77.0 Å². The molecule has 0 spiro atoms. The van der Waals surface area contributed by atoms with Crippen LogP contribution in [-0.4, -0.2) is 14.4 Å². The van der Waals surface area contributed by atoms with Crippen molar-refractivity contribution < 1.29 is 4.39 Å². The third-order valence-corrected chi connectivity index (χ3v) is 4.31. The number of pyridine rings is 1. The van der Waals surface area contributed by atoms with E-state index in [-0.39, 0.29) is 11.2 Å². The number of halogens is 1. The van der Waals surface area contributed by atoms with Gasteiger partial charge in [-0.2, -0.15) is 0 Å². The highest BCUT2D eigenvalue weighted by molar-refractivity contribution is 6.06. The maximum absolute atomic E-state index is 13.3. The van der Waals surface area contributed by atoms with E-state index in [0.717, 1.165) is 16.5 Å². The number of aromatic nitrogens is 3. The minimum absolute atomic E-state index is 0.0701. The molecule has 0 aliphatic carbocycles. The van der Waals surface area contributed by atoms with Crippen LogP contribution in [0.2, 0.25) is 0 Å². The summed E-state index contributed by atoms with van der Waals surface area (Å²) in [5, 5.41) is 1.45. The molecular formula is C19H10FN3O. The van der Waals surface area contributed by atoms with Crippen LogP contribution in [0.1, 0.15) is 0 Å². The lowest BCUT2D eigenvalue weighted by Gasteiger charge is -2.06. The molecule has 5 heteroatoms. The van der Waals surface area contributed by atoms with Crippen LogP contribution in [0.5, 0.6) is 0 Å². The summed E-state index contributed by atoms with van der Waals surface area (Å²) in [6.07, 6.45) is 3.19. The number of rotatable bonds is 1. The van der Waals surface area contributed by atoms with Crippen LogP contribution < -0.4 is 5.43 Å². The summed E-state index contributed by atoms with van der Waals surface area (Å²) < 4.78 is 15.1. The molecule has 0 fully saturated rings. The zero-order valence-electron chi connectivity index (χ0n) is 12.4. The monoisotopic (exact) mass is 315 g/mol. The molecule has 5 aromatic rings. The summed E-state index contributed by atoms with van der Waals surface area (Å²) >= 11 is 0. The minimum Gasteiger partial charge on any atom is -0.287 e. The molecule has 0 aliphatic rings. The van der Waals surface area contributed by atoms with E-state index in [9.17, 15) is 9.18 Å². The van der Waals surface area contributed by atoms with E-state index in [1.165, 1.54) is 12.1 Å². The van der Waals surface area contributed by atoms with E-state index >= 15 is 0 Å². The molecule has 0 radical (unpaired) electrons. The van der Waals surface area contributed by atoms with E-state index < -0.39 is 0 Å². The van der Waals surface area contributed by atoms with Crippen LogP contribution in [0.4, 0.5) is 4.39 Å². The van der Waals surface area contributed by atoms with Crippen LogP contribution in [0.3, 0.4) is 0 Å². The van der Waals surface area contributed by atoms with Crippen LogP contribution in [0.15, 0.2) is 65.7 Å². The van der Waals surface area contributed by atoms with Gasteiger partial charge in [-0.15, -0.1) is 0 Å². The summed E-state index contributed by atoms with van der Waals surface area (Å²) in [6.45, 7) is 0. The summed E-state index contributed by atoms with van der Waals surface area (Å²) in [5.74, 6) is -0.297. The van der Waals surface area contributed by atoms with Crippen molar-refractivity contribution in [2.45, 2.75) is 0 Å². The Kier molecular flexibility index (Phi) is 2.51. The zero-order chi connectivity index (χ0) is 16.3. The van der Waals surface area contributed by atoms with E-state index in [1.807, 2.05) is 22.6 Å². The van der Waals surface area contributed by atoms with Crippen LogP contribution in [-0.2, 0) is 0 Å². The molecule has 0 unspecified atom stereocenters. The second-order valence-corrected chi connectivity index (χ2v) is 5.68. The molecule has 0 aliphatic heterocycles. The van der Waals surface area contributed by atoms with Gasteiger partial charge < -0.3 is 0 Å². The predicted octanol–water partition coefficient (Wildman–Crippen LogP) is 3.64. The van der Waals surface area contributed by atoms with Gasteiger partial charge in [0.2, 0.25) is 5.43 Å². The van der Waals surface area contributed by atoms with E-state index in [4.69, 9.17) is 0 Å². The number of nitrogens with zero attached hydrogens (tertiary/aromatic N) is 3. The average Bonchev–Trinajstić information content (AvgIpc) is 3.01. The van der Waals surface area contributed by atoms with Gasteiger partial charge >= 0.3 is 0 Å². The van der Waals surface area contributed by atoms with Gasteiger partial charge in [0.25, 0.3) is 0 Å². The fraction of sp³-hybridized carbons (Fsp3) is 0. The third-order valence-electron chi connectivity index (χ3n) is 4.31. The summed E-state index contributed by atoms with van der Waals surface area (Å²) in [4.78, 5) is 21.5. The fourth-order valence-corrected chi connectivity index (χ4v) is 3.24. The number of fused-ring (bicyclic) bond motifs is 2. The summed E-state index contributed by atoms with van der Waals surface area (Å²) in [7, 11) is 0. The van der Waals surface area contributed by atoms with E-state index in [1.54, 1.807) is 30.6 Å². The van der Waals surface area contributed by atoms with Gasteiger partial charge in [0.1, 0.15) is 11.3 Å². The third kappa shape index (κ3) is 1.64. The quantitative estimate of drug-likeness (QED) is 0.444. The van der Waals surface area contributed by atoms with Gasteiger partial charge in [-0.3, -0.25) is 14.2 Å². The average molecular weight is 315 g/mol. The Morgan fingerprint density at radius 2 is 1.67 bits per heavy atom. The van der Waals surface area contributed by atoms with Crippen molar-refractivity contribution in [3.63, 3.8) is 0 Å². The highest BCUT2D eigenvalue weighted by atomic mass is 19.1. The molecule has 2 aromatic carbocycles. The molecule has 0 N–H and O–H groups in total. The van der Waals surface area contributed by atoms with Crippen LogP contribution in [0.25, 0.3) is 38.7 Å². The molecule has 5 rings (SSSR count). The molecule has 0 atom stereocenters. The molecule has 3 aromatic heterocycles. The van der Waals surface area contributed by atoms with Crippen LogP contribution >= 0.6 is 0 Å². The number of imidazole rings is 1. The SMILES string of the molecule is O=c1c2ccccc2c2c(-c3ccc(F)cc3)nc3cncc1n32. The normalized spacial score (nSPS) is 11.7. The van der Waals surface area contributed by atoms with Crippen LogP contribution in [0, 0.1) is 5.82 Å². The van der Waals surface area contributed by atoms with Crippen molar-refractivity contribution in [1.82, 2.24) is 14.4 Å². The van der Waals surface area contributed by atoms with Gasteiger partial charge in [0, 0.05) is 16.3 Å². The molecule has 0 saturated heterocycles. The Morgan fingerprint density at radius 1 is 0.917 bits per heavy atom. The second kappa shape index (κ2) is 4.58. The Labute approximate surface area is 135 Å². The first kappa shape index (κ1) is 13.1. The first-order valence-electron chi connectivity index (χ1n) is 7.50. The standard InChI is InChI=1S/C19H10FN3O/c20-12-7-5-11(6-8-12)17-18-13-3-1-2-4-14(13)19(24)15-9-21-10-16(22-17)23(15)18/h1-10H. The van der Waals surface area contributed by atoms with Crippen molar-refractivity contribution in [2.75, 3.05) is 0 Å². The maximum atomic E-state index is 13.3. The molecule has 114 valence electrons. The molecule has 0 saturated carbocycles. The highest BCUT2D eigenvalue weighted by Gasteiger charge is 2.18. The molecular weight excluding hydrogens is 305 g/mol. The predicted molar refractivity (Wildman–Crippen MR) is 90.8 cm³/mol. The van der Waals surface area contributed by atoms with Crippen molar-refractivity contribution in [3.8, 4) is 11.3 Å². The first-order chi connectivity index (χ1) is 11.7. The Morgan fingerprint density at radius 3 is 2.46 bits per heavy atom. The van der Waals surface area contributed by atoms with Crippen molar-refractivity contribution in [1.29, 1.82) is 0 Å².